The lowest BCUT2D eigenvalue weighted by Crippen LogP contribution is -2.22. The molecule has 0 atom stereocenters. The van der Waals surface area contributed by atoms with Crippen molar-refractivity contribution in [3.8, 4) is 0 Å². The van der Waals surface area contributed by atoms with Crippen LogP contribution in [0.4, 0.5) is 5.82 Å². The van der Waals surface area contributed by atoms with Crippen LogP contribution in [0.5, 0.6) is 0 Å². The van der Waals surface area contributed by atoms with Crippen molar-refractivity contribution < 1.29 is 9.53 Å². The normalized spacial score (nSPS) is 10.4. The molecule has 2 aromatic carbocycles. The molecule has 1 aromatic heterocycles. The highest BCUT2D eigenvalue weighted by atomic mass is 32.1. The first-order chi connectivity index (χ1) is 11.8. The lowest BCUT2D eigenvalue weighted by molar-refractivity contribution is 0.0606. The van der Waals surface area contributed by atoms with E-state index in [2.05, 4.69) is 33.5 Å². The maximum atomic E-state index is 11.7. The zero-order valence-electron chi connectivity index (χ0n) is 13.4. The fourth-order valence-electron chi connectivity index (χ4n) is 2.44. The number of hydrogen-bond donors (Lipinski definition) is 0. The maximum absolute atomic E-state index is 11.7. The molecule has 5 heteroatoms. The second-order valence-corrected chi connectivity index (χ2v) is 6.17. The Morgan fingerprint density at radius 2 is 1.54 bits per heavy atom. The van der Waals surface area contributed by atoms with Crippen molar-refractivity contribution in [2.75, 3.05) is 12.0 Å². The zero-order chi connectivity index (χ0) is 16.8. The van der Waals surface area contributed by atoms with E-state index >= 15 is 0 Å². The van der Waals surface area contributed by atoms with Crippen molar-refractivity contribution in [1.29, 1.82) is 0 Å². The van der Waals surface area contributed by atoms with Crippen molar-refractivity contribution in [3.63, 3.8) is 0 Å². The molecular weight excluding hydrogens is 320 g/mol. The summed E-state index contributed by atoms with van der Waals surface area (Å²) in [4.78, 5) is 14.4. The molecular formula is C19H18N2O2S. The van der Waals surface area contributed by atoms with Gasteiger partial charge in [0.05, 0.1) is 7.11 Å². The second-order valence-electron chi connectivity index (χ2n) is 5.37. The predicted molar refractivity (Wildman–Crippen MR) is 96.2 cm³/mol. The first-order valence-corrected chi connectivity index (χ1v) is 8.41. The van der Waals surface area contributed by atoms with Crippen molar-refractivity contribution in [2.45, 2.75) is 13.1 Å². The van der Waals surface area contributed by atoms with Crippen molar-refractivity contribution in [2.24, 2.45) is 0 Å². The Hall–Kier alpha value is -2.66. The van der Waals surface area contributed by atoms with E-state index in [0.29, 0.717) is 4.88 Å². The van der Waals surface area contributed by atoms with E-state index in [0.717, 1.165) is 18.9 Å². The zero-order valence-corrected chi connectivity index (χ0v) is 14.2. The minimum absolute atomic E-state index is 0.349. The van der Waals surface area contributed by atoms with Gasteiger partial charge >= 0.3 is 5.97 Å². The molecule has 3 aromatic rings. The summed E-state index contributed by atoms with van der Waals surface area (Å²) >= 11 is 1.17. The molecule has 3 rings (SSSR count). The minimum Gasteiger partial charge on any atom is -0.465 e. The van der Waals surface area contributed by atoms with Crippen LogP contribution in [-0.4, -0.2) is 17.5 Å². The third-order valence-corrected chi connectivity index (χ3v) is 4.40. The van der Waals surface area contributed by atoms with Gasteiger partial charge in [0.25, 0.3) is 0 Å². The molecule has 0 amide bonds. The Kier molecular flexibility index (Phi) is 5.23. The van der Waals surface area contributed by atoms with Gasteiger partial charge < -0.3 is 9.64 Å². The number of ether oxygens (including phenoxy) is 1. The number of benzene rings is 2. The maximum Gasteiger partial charge on any atom is 0.349 e. The van der Waals surface area contributed by atoms with Gasteiger partial charge in [0.2, 0.25) is 0 Å². The minimum atomic E-state index is -0.349. The average Bonchev–Trinajstić information content (AvgIpc) is 3.12. The summed E-state index contributed by atoms with van der Waals surface area (Å²) in [6, 6.07) is 22.3. The number of rotatable bonds is 6. The van der Waals surface area contributed by atoms with Crippen LogP contribution in [0.1, 0.15) is 20.8 Å². The number of carbonyl (C=O) groups excluding carboxylic acids is 1. The molecule has 1 heterocycles. The van der Waals surface area contributed by atoms with Gasteiger partial charge in [-0.15, -0.1) is 0 Å². The molecule has 0 N–H and O–H groups in total. The fourth-order valence-corrected chi connectivity index (χ4v) is 3.11. The van der Waals surface area contributed by atoms with Crippen LogP contribution < -0.4 is 4.90 Å². The van der Waals surface area contributed by atoms with E-state index in [-0.39, 0.29) is 5.97 Å². The van der Waals surface area contributed by atoms with Crippen molar-refractivity contribution >= 4 is 23.3 Å². The van der Waals surface area contributed by atoms with Crippen molar-refractivity contribution in [3.05, 3.63) is 82.7 Å². The van der Waals surface area contributed by atoms with E-state index < -0.39 is 0 Å². The lowest BCUT2D eigenvalue weighted by Gasteiger charge is -2.22. The van der Waals surface area contributed by atoms with E-state index in [1.807, 2.05) is 36.4 Å². The fraction of sp³-hybridized carbons (Fsp3) is 0.158. The molecule has 4 nitrogen and oxygen atoms in total. The SMILES string of the molecule is COC(=O)c1cc(N(Cc2ccccc2)Cc2ccccc2)ns1. The van der Waals surface area contributed by atoms with Gasteiger partial charge in [-0.2, -0.15) is 4.37 Å². The van der Waals surface area contributed by atoms with E-state index in [1.54, 1.807) is 6.07 Å². The van der Waals surface area contributed by atoms with Crippen LogP contribution in [0.25, 0.3) is 0 Å². The standard InChI is InChI=1S/C19H18N2O2S/c1-23-19(22)17-12-18(20-24-17)21(13-15-8-4-2-5-9-15)14-16-10-6-3-7-11-16/h2-12H,13-14H2,1H3. The summed E-state index contributed by atoms with van der Waals surface area (Å²) in [6.45, 7) is 1.44. The smallest absolute Gasteiger partial charge is 0.349 e. The molecule has 0 unspecified atom stereocenters. The molecule has 0 bridgehead atoms. The molecule has 0 aliphatic carbocycles. The topological polar surface area (TPSA) is 42.4 Å². The summed E-state index contributed by atoms with van der Waals surface area (Å²) in [7, 11) is 1.38. The van der Waals surface area contributed by atoms with Gasteiger partial charge in [-0.05, 0) is 22.7 Å². The van der Waals surface area contributed by atoms with Crippen LogP contribution in [0.2, 0.25) is 0 Å². The Morgan fingerprint density at radius 3 is 2.04 bits per heavy atom. The highest BCUT2D eigenvalue weighted by Crippen LogP contribution is 2.23. The molecule has 0 fully saturated rings. The number of anilines is 1. The highest BCUT2D eigenvalue weighted by Gasteiger charge is 2.16. The predicted octanol–water partition coefficient (Wildman–Crippen LogP) is 4.14. The van der Waals surface area contributed by atoms with E-state index in [9.17, 15) is 4.79 Å². The summed E-state index contributed by atoms with van der Waals surface area (Å²) in [5, 5.41) is 0. The number of carbonyl (C=O) groups is 1. The summed E-state index contributed by atoms with van der Waals surface area (Å²) in [5.41, 5.74) is 2.39. The number of methoxy groups -OCH3 is 1. The molecule has 0 saturated heterocycles. The van der Waals surface area contributed by atoms with Crippen LogP contribution in [-0.2, 0) is 17.8 Å². The summed E-state index contributed by atoms with van der Waals surface area (Å²) in [6.07, 6.45) is 0. The van der Waals surface area contributed by atoms with E-state index in [1.165, 1.54) is 29.8 Å². The van der Waals surface area contributed by atoms with Crippen LogP contribution in [0.15, 0.2) is 66.7 Å². The second kappa shape index (κ2) is 7.75. The first-order valence-electron chi connectivity index (χ1n) is 7.64. The van der Waals surface area contributed by atoms with Crippen LogP contribution in [0, 0.1) is 0 Å². The van der Waals surface area contributed by atoms with Gasteiger partial charge in [-0.3, -0.25) is 0 Å². The molecule has 0 saturated carbocycles. The lowest BCUT2D eigenvalue weighted by atomic mass is 10.1. The van der Waals surface area contributed by atoms with E-state index in [4.69, 9.17) is 4.74 Å². The molecule has 0 radical (unpaired) electrons. The summed E-state index contributed by atoms with van der Waals surface area (Å²) in [5.74, 6) is 0.436. The first kappa shape index (κ1) is 16.2. The molecule has 0 spiro atoms. The average molecular weight is 338 g/mol. The Balaban J connectivity index is 1.86. The number of hydrogen-bond acceptors (Lipinski definition) is 5. The van der Waals surface area contributed by atoms with Gasteiger partial charge in [-0.1, -0.05) is 60.7 Å². The molecule has 0 aliphatic heterocycles. The monoisotopic (exact) mass is 338 g/mol. The largest absolute Gasteiger partial charge is 0.465 e. The third-order valence-electron chi connectivity index (χ3n) is 3.64. The van der Waals surface area contributed by atoms with Crippen LogP contribution in [0.3, 0.4) is 0 Å². The number of nitrogens with zero attached hydrogens (tertiary/aromatic N) is 2. The van der Waals surface area contributed by atoms with Crippen LogP contribution >= 0.6 is 11.5 Å². The number of aromatic nitrogens is 1. The quantitative estimate of drug-likeness (QED) is 0.634. The summed E-state index contributed by atoms with van der Waals surface area (Å²) < 4.78 is 9.22. The van der Waals surface area contributed by atoms with Crippen molar-refractivity contribution in [1.82, 2.24) is 4.37 Å². The highest BCUT2D eigenvalue weighted by molar-refractivity contribution is 7.08. The Morgan fingerprint density at radius 1 is 1.00 bits per heavy atom. The molecule has 0 aliphatic rings. The Labute approximate surface area is 145 Å². The van der Waals surface area contributed by atoms with Gasteiger partial charge in [-0.25, -0.2) is 4.79 Å². The van der Waals surface area contributed by atoms with Gasteiger partial charge in [0.15, 0.2) is 0 Å². The third kappa shape index (κ3) is 4.00. The molecule has 24 heavy (non-hydrogen) atoms. The van der Waals surface area contributed by atoms with Gasteiger partial charge in [0.1, 0.15) is 10.7 Å². The van der Waals surface area contributed by atoms with Gasteiger partial charge in [0, 0.05) is 19.2 Å². The molecule has 122 valence electrons. The Bertz CT molecular complexity index is 746. The number of esters is 1.